The molecule has 0 saturated heterocycles. The normalized spacial score (nSPS) is 12.9. The molecule has 7 nitrogen and oxygen atoms in total. The fourth-order valence-corrected chi connectivity index (χ4v) is 3.99. The van der Waals surface area contributed by atoms with Crippen LogP contribution in [0.3, 0.4) is 0 Å². The van der Waals surface area contributed by atoms with Crippen molar-refractivity contribution in [3.8, 4) is 33.1 Å². The second kappa shape index (κ2) is 9.47. The number of hydrogen-bond donors (Lipinski definition) is 3. The lowest BCUT2D eigenvalue weighted by Crippen LogP contribution is -2.43. The van der Waals surface area contributed by atoms with Crippen LogP contribution in [0.1, 0.15) is 18.1 Å². The van der Waals surface area contributed by atoms with Gasteiger partial charge < -0.3 is 25.6 Å². The molecule has 0 fully saturated rings. The Morgan fingerprint density at radius 3 is 2.48 bits per heavy atom. The van der Waals surface area contributed by atoms with E-state index in [1.807, 2.05) is 25.1 Å². The van der Waals surface area contributed by atoms with Crippen molar-refractivity contribution in [2.45, 2.75) is 32.9 Å². The van der Waals surface area contributed by atoms with Gasteiger partial charge in [0.1, 0.15) is 17.5 Å². The van der Waals surface area contributed by atoms with Gasteiger partial charge in [-0.2, -0.15) is 4.37 Å². The van der Waals surface area contributed by atoms with Crippen LogP contribution < -0.4 is 20.5 Å². The second-order valence-electron chi connectivity index (χ2n) is 7.36. The number of ether oxygens (including phenoxy) is 2. The molecule has 0 aliphatic carbocycles. The Hall–Kier alpha value is -2.94. The number of rotatable bonds is 7. The van der Waals surface area contributed by atoms with E-state index in [1.165, 1.54) is 25.6 Å². The minimum atomic E-state index is -1.05. The van der Waals surface area contributed by atoms with Gasteiger partial charge in [-0.3, -0.25) is 4.79 Å². The molecule has 0 radical (unpaired) electrons. The van der Waals surface area contributed by atoms with Gasteiger partial charge in [0.2, 0.25) is 5.91 Å². The Balaban J connectivity index is 2.03. The fourth-order valence-electron chi connectivity index (χ4n) is 3.23. The number of methoxy groups -OCH3 is 2. The lowest BCUT2D eigenvalue weighted by molar-refractivity contribution is -0.119. The van der Waals surface area contributed by atoms with Crippen LogP contribution in [-0.2, 0) is 4.79 Å². The highest BCUT2D eigenvalue weighted by Crippen LogP contribution is 2.40. The molecule has 0 spiro atoms. The van der Waals surface area contributed by atoms with Crippen molar-refractivity contribution in [1.29, 1.82) is 0 Å². The summed E-state index contributed by atoms with van der Waals surface area (Å²) >= 11 is 1.39. The summed E-state index contributed by atoms with van der Waals surface area (Å²) in [5.41, 5.74) is 11.3. The summed E-state index contributed by atoms with van der Waals surface area (Å²) in [6.45, 7) is 5.55. The number of nitrogens with zero attached hydrogens (tertiary/aromatic N) is 1. The third-order valence-electron chi connectivity index (χ3n) is 5.26. The molecular formula is C23H27N3O4S. The molecule has 1 heterocycles. The maximum absolute atomic E-state index is 12.4. The SMILES string of the molecule is COc1ccc(-c2cnsc2-c2cc(C)c(C)c(OC)c2)cc1NC(=O)[C@@H](N)C(C)O. The molecule has 8 heteroatoms. The zero-order chi connectivity index (χ0) is 22.7. The van der Waals surface area contributed by atoms with Gasteiger partial charge in [0.15, 0.2) is 0 Å². The maximum atomic E-state index is 12.4. The minimum absolute atomic E-state index is 0.468. The molecule has 0 aliphatic heterocycles. The number of nitrogens with one attached hydrogen (secondary N) is 1. The molecule has 0 aliphatic rings. The van der Waals surface area contributed by atoms with Gasteiger partial charge >= 0.3 is 0 Å². The van der Waals surface area contributed by atoms with Crippen LogP contribution >= 0.6 is 11.5 Å². The lowest BCUT2D eigenvalue weighted by atomic mass is 9.99. The van der Waals surface area contributed by atoms with Crippen LogP contribution in [0.5, 0.6) is 11.5 Å². The summed E-state index contributed by atoms with van der Waals surface area (Å²) in [7, 11) is 3.19. The van der Waals surface area contributed by atoms with Gasteiger partial charge in [-0.1, -0.05) is 12.1 Å². The molecule has 2 atom stereocenters. The van der Waals surface area contributed by atoms with Crippen molar-refractivity contribution in [1.82, 2.24) is 4.37 Å². The Bertz CT molecular complexity index is 1090. The highest BCUT2D eigenvalue weighted by Gasteiger charge is 2.21. The van der Waals surface area contributed by atoms with Gasteiger partial charge in [-0.25, -0.2) is 0 Å². The van der Waals surface area contributed by atoms with Crippen LogP contribution in [-0.4, -0.2) is 41.8 Å². The number of carbonyl (C=O) groups excluding carboxylic acids is 1. The summed E-state index contributed by atoms with van der Waals surface area (Å²) in [5.74, 6) is 0.824. The minimum Gasteiger partial charge on any atom is -0.496 e. The third kappa shape index (κ3) is 4.71. The van der Waals surface area contributed by atoms with Crippen molar-refractivity contribution < 1.29 is 19.4 Å². The maximum Gasteiger partial charge on any atom is 0.244 e. The van der Waals surface area contributed by atoms with Crippen molar-refractivity contribution in [2.24, 2.45) is 5.73 Å². The number of aliphatic hydroxyl groups is 1. The third-order valence-corrected chi connectivity index (χ3v) is 6.11. The standard InChI is InChI=1S/C23H27N3O4S/c1-12-8-16(10-20(30-5)13(12)2)22-17(11-25-31-22)15-6-7-19(29-4)18(9-15)26-23(28)21(24)14(3)27/h6-11,14,21,27H,24H2,1-5H3,(H,26,28)/t14?,21-/m0/s1. The topological polar surface area (TPSA) is 107 Å². The summed E-state index contributed by atoms with van der Waals surface area (Å²) in [5, 5.41) is 12.4. The van der Waals surface area contributed by atoms with Crippen LogP contribution in [0.2, 0.25) is 0 Å². The first kappa shape index (κ1) is 22.7. The molecule has 0 bridgehead atoms. The molecule has 0 saturated carbocycles. The quantitative estimate of drug-likeness (QED) is 0.515. The Kier molecular flexibility index (Phi) is 6.94. The van der Waals surface area contributed by atoms with Gasteiger partial charge in [0.25, 0.3) is 0 Å². The van der Waals surface area contributed by atoms with Gasteiger partial charge in [0, 0.05) is 11.8 Å². The molecule has 1 unspecified atom stereocenters. The number of benzene rings is 2. The summed E-state index contributed by atoms with van der Waals surface area (Å²) in [4.78, 5) is 13.4. The Morgan fingerprint density at radius 1 is 1.13 bits per heavy atom. The van der Waals surface area contributed by atoms with Crippen LogP contribution in [0.25, 0.3) is 21.6 Å². The number of hydrogen-bond acceptors (Lipinski definition) is 7. The summed E-state index contributed by atoms with van der Waals surface area (Å²) in [6.07, 6.45) is 0.831. The van der Waals surface area contributed by atoms with Crippen molar-refractivity contribution in [3.05, 3.63) is 47.7 Å². The second-order valence-corrected chi connectivity index (χ2v) is 8.16. The number of amides is 1. The average Bonchev–Trinajstić information content (AvgIpc) is 3.24. The van der Waals surface area contributed by atoms with E-state index in [0.717, 1.165) is 38.4 Å². The largest absolute Gasteiger partial charge is 0.496 e. The Labute approximate surface area is 186 Å². The molecule has 1 amide bonds. The molecule has 3 rings (SSSR count). The fraction of sp³-hybridized carbons (Fsp3) is 0.304. The first-order chi connectivity index (χ1) is 14.8. The van der Waals surface area contributed by atoms with E-state index in [-0.39, 0.29) is 0 Å². The summed E-state index contributed by atoms with van der Waals surface area (Å²) < 4.78 is 15.3. The van der Waals surface area contributed by atoms with E-state index in [9.17, 15) is 9.90 Å². The lowest BCUT2D eigenvalue weighted by Gasteiger charge is -2.17. The molecule has 2 aromatic carbocycles. The zero-order valence-corrected chi connectivity index (χ0v) is 19.0. The first-order valence-electron chi connectivity index (χ1n) is 9.80. The summed E-state index contributed by atoms with van der Waals surface area (Å²) in [6, 6.07) is 8.58. The van der Waals surface area contributed by atoms with E-state index >= 15 is 0 Å². The van der Waals surface area contributed by atoms with E-state index in [0.29, 0.717) is 11.4 Å². The zero-order valence-electron chi connectivity index (χ0n) is 18.2. The van der Waals surface area contributed by atoms with Gasteiger partial charge in [-0.05, 0) is 72.8 Å². The van der Waals surface area contributed by atoms with Crippen molar-refractivity contribution in [2.75, 3.05) is 19.5 Å². The van der Waals surface area contributed by atoms with Crippen molar-refractivity contribution in [3.63, 3.8) is 0 Å². The van der Waals surface area contributed by atoms with E-state index < -0.39 is 18.1 Å². The van der Waals surface area contributed by atoms with Crippen LogP contribution in [0.15, 0.2) is 36.5 Å². The highest BCUT2D eigenvalue weighted by molar-refractivity contribution is 7.10. The first-order valence-corrected chi connectivity index (χ1v) is 10.6. The Morgan fingerprint density at radius 2 is 1.84 bits per heavy atom. The number of anilines is 1. The number of aryl methyl sites for hydroxylation is 1. The molecule has 3 aromatic rings. The molecule has 4 N–H and O–H groups in total. The molecule has 1 aromatic heterocycles. The predicted octanol–water partition coefficient (Wildman–Crippen LogP) is 3.76. The van der Waals surface area contributed by atoms with Gasteiger partial charge in [-0.15, -0.1) is 0 Å². The number of nitrogens with two attached hydrogens (primary N) is 1. The van der Waals surface area contributed by atoms with E-state index in [2.05, 4.69) is 22.7 Å². The number of aliphatic hydroxyl groups excluding tert-OH is 1. The predicted molar refractivity (Wildman–Crippen MR) is 124 cm³/mol. The average molecular weight is 442 g/mol. The van der Waals surface area contributed by atoms with Crippen LogP contribution in [0.4, 0.5) is 5.69 Å². The molecule has 31 heavy (non-hydrogen) atoms. The van der Waals surface area contributed by atoms with Crippen molar-refractivity contribution >= 4 is 23.1 Å². The highest BCUT2D eigenvalue weighted by atomic mass is 32.1. The van der Waals surface area contributed by atoms with Gasteiger partial charge in [0.05, 0.1) is 30.9 Å². The van der Waals surface area contributed by atoms with Crippen LogP contribution in [0, 0.1) is 13.8 Å². The van der Waals surface area contributed by atoms with E-state index in [1.54, 1.807) is 19.4 Å². The monoisotopic (exact) mass is 441 g/mol. The smallest absolute Gasteiger partial charge is 0.244 e. The molecular weight excluding hydrogens is 414 g/mol. The molecule has 164 valence electrons. The van der Waals surface area contributed by atoms with E-state index in [4.69, 9.17) is 15.2 Å². The number of aromatic nitrogens is 1. The number of carbonyl (C=O) groups is 1.